The monoisotopic (exact) mass is 275 g/mol. The molecule has 106 valence electrons. The largest absolute Gasteiger partial charge is 0.504 e. The Balaban J connectivity index is 1.91. The van der Waals surface area contributed by atoms with E-state index in [4.69, 9.17) is 10.3 Å². The van der Waals surface area contributed by atoms with Crippen molar-refractivity contribution in [2.75, 3.05) is 0 Å². The van der Waals surface area contributed by atoms with Crippen LogP contribution in [0, 0.1) is 0 Å². The molecule has 1 aliphatic carbocycles. The molecule has 0 bridgehead atoms. The molecule has 1 heterocycles. The van der Waals surface area contributed by atoms with Crippen molar-refractivity contribution < 1.29 is 14.7 Å². The average Bonchev–Trinajstić information content (AvgIpc) is 2.93. The molecule has 1 fully saturated rings. The second-order valence-corrected chi connectivity index (χ2v) is 5.34. The lowest BCUT2D eigenvalue weighted by Crippen LogP contribution is -2.38. The van der Waals surface area contributed by atoms with E-state index in [-0.39, 0.29) is 11.5 Å². The zero-order chi connectivity index (χ0) is 14.2. The van der Waals surface area contributed by atoms with Crippen molar-refractivity contribution in [1.82, 2.24) is 10.1 Å². The first kappa shape index (κ1) is 12.9. The van der Waals surface area contributed by atoms with Crippen LogP contribution in [0.2, 0.25) is 0 Å². The maximum Gasteiger partial charge on any atom is 0.247 e. The summed E-state index contributed by atoms with van der Waals surface area (Å²) in [6, 6.07) is 4.40. The Morgan fingerprint density at radius 1 is 1.10 bits per heavy atom. The summed E-state index contributed by atoms with van der Waals surface area (Å²) in [7, 11) is 0. The van der Waals surface area contributed by atoms with Gasteiger partial charge >= 0.3 is 0 Å². The van der Waals surface area contributed by atoms with E-state index < -0.39 is 5.54 Å². The predicted molar refractivity (Wildman–Crippen MR) is 72.0 cm³/mol. The highest BCUT2D eigenvalue weighted by atomic mass is 16.5. The lowest BCUT2D eigenvalue weighted by molar-refractivity contribution is 0.220. The van der Waals surface area contributed by atoms with Gasteiger partial charge in [-0.2, -0.15) is 4.98 Å². The fourth-order valence-electron chi connectivity index (χ4n) is 2.60. The molecule has 0 radical (unpaired) electrons. The molecule has 6 heteroatoms. The van der Waals surface area contributed by atoms with Crippen molar-refractivity contribution >= 4 is 0 Å². The van der Waals surface area contributed by atoms with E-state index in [2.05, 4.69) is 10.1 Å². The average molecular weight is 275 g/mol. The van der Waals surface area contributed by atoms with E-state index >= 15 is 0 Å². The van der Waals surface area contributed by atoms with E-state index in [1.54, 1.807) is 6.07 Å². The van der Waals surface area contributed by atoms with Gasteiger partial charge in [0.2, 0.25) is 11.7 Å². The molecule has 20 heavy (non-hydrogen) atoms. The van der Waals surface area contributed by atoms with Crippen LogP contribution >= 0.6 is 0 Å². The van der Waals surface area contributed by atoms with Crippen molar-refractivity contribution in [3.8, 4) is 22.9 Å². The molecule has 0 saturated heterocycles. The molecule has 0 spiro atoms. The van der Waals surface area contributed by atoms with Gasteiger partial charge in [-0.3, -0.25) is 0 Å². The Bertz CT molecular complexity index is 618. The second kappa shape index (κ2) is 4.79. The minimum Gasteiger partial charge on any atom is -0.504 e. The number of phenolic OH excluding ortho intramolecular Hbond substituents is 2. The summed E-state index contributed by atoms with van der Waals surface area (Å²) in [4.78, 5) is 4.35. The van der Waals surface area contributed by atoms with Crippen molar-refractivity contribution in [1.29, 1.82) is 0 Å². The molecular weight excluding hydrogens is 258 g/mol. The topological polar surface area (TPSA) is 105 Å². The van der Waals surface area contributed by atoms with Crippen molar-refractivity contribution in [2.24, 2.45) is 5.73 Å². The maximum absolute atomic E-state index is 9.51. The lowest BCUT2D eigenvalue weighted by Gasteiger charge is -2.29. The fraction of sp³-hybridized carbons (Fsp3) is 0.429. The van der Waals surface area contributed by atoms with Crippen LogP contribution in [0.3, 0.4) is 0 Å². The maximum atomic E-state index is 9.51. The minimum absolute atomic E-state index is 0.181. The number of nitrogens with zero attached hydrogens (tertiary/aromatic N) is 2. The Labute approximate surface area is 116 Å². The van der Waals surface area contributed by atoms with Gasteiger partial charge in [0.15, 0.2) is 11.5 Å². The van der Waals surface area contributed by atoms with Gasteiger partial charge in [0, 0.05) is 5.56 Å². The van der Waals surface area contributed by atoms with Crippen molar-refractivity contribution in [3.63, 3.8) is 0 Å². The van der Waals surface area contributed by atoms with Crippen LogP contribution in [-0.2, 0) is 5.54 Å². The minimum atomic E-state index is -0.539. The molecular formula is C14H17N3O3. The van der Waals surface area contributed by atoms with E-state index in [9.17, 15) is 10.2 Å². The summed E-state index contributed by atoms with van der Waals surface area (Å²) in [6.07, 6.45) is 5.00. The van der Waals surface area contributed by atoms with Gasteiger partial charge in [0.05, 0.1) is 5.54 Å². The quantitative estimate of drug-likeness (QED) is 0.726. The third-order valence-electron chi connectivity index (χ3n) is 3.83. The third-order valence-corrected chi connectivity index (χ3v) is 3.83. The summed E-state index contributed by atoms with van der Waals surface area (Å²) in [5.41, 5.74) is 6.38. The number of benzene rings is 1. The molecule has 0 atom stereocenters. The standard InChI is InChI=1S/C14H17N3O3/c15-14(6-2-1-3-7-14)13-16-12(17-20-13)9-4-5-10(18)11(19)8-9/h4-5,8,18-19H,1-3,6-7,15H2. The van der Waals surface area contributed by atoms with E-state index in [1.807, 2.05) is 0 Å². The summed E-state index contributed by atoms with van der Waals surface area (Å²) >= 11 is 0. The molecule has 6 nitrogen and oxygen atoms in total. The van der Waals surface area contributed by atoms with Crippen molar-refractivity contribution in [2.45, 2.75) is 37.6 Å². The number of nitrogens with two attached hydrogens (primary N) is 1. The Hall–Kier alpha value is -2.08. The SMILES string of the molecule is NC1(c2nc(-c3ccc(O)c(O)c3)no2)CCCCC1. The molecule has 2 aromatic rings. The predicted octanol–water partition coefficient (Wildman–Crippen LogP) is 2.27. The summed E-state index contributed by atoms with van der Waals surface area (Å²) in [5, 5.41) is 22.7. The van der Waals surface area contributed by atoms with Gasteiger partial charge in [0.25, 0.3) is 0 Å². The second-order valence-electron chi connectivity index (χ2n) is 5.34. The highest BCUT2D eigenvalue weighted by Crippen LogP contribution is 2.35. The van der Waals surface area contributed by atoms with Gasteiger partial charge in [-0.15, -0.1) is 0 Å². The Morgan fingerprint density at radius 2 is 1.85 bits per heavy atom. The molecule has 0 unspecified atom stereocenters. The number of hydrogen-bond donors (Lipinski definition) is 3. The highest BCUT2D eigenvalue weighted by Gasteiger charge is 2.35. The van der Waals surface area contributed by atoms with E-state index in [0.29, 0.717) is 17.3 Å². The highest BCUT2D eigenvalue weighted by molar-refractivity contribution is 5.60. The van der Waals surface area contributed by atoms with Crippen LogP contribution in [0.15, 0.2) is 22.7 Å². The van der Waals surface area contributed by atoms with Crippen LogP contribution in [0.25, 0.3) is 11.4 Å². The molecule has 1 aromatic carbocycles. The first-order chi connectivity index (χ1) is 9.58. The first-order valence-electron chi connectivity index (χ1n) is 6.74. The Kier molecular flexibility index (Phi) is 3.10. The van der Waals surface area contributed by atoms with E-state index in [0.717, 1.165) is 25.7 Å². The van der Waals surface area contributed by atoms with Crippen LogP contribution in [-0.4, -0.2) is 20.4 Å². The molecule has 3 rings (SSSR count). The molecule has 4 N–H and O–H groups in total. The summed E-state index contributed by atoms with van der Waals surface area (Å²) < 4.78 is 5.30. The number of rotatable bonds is 2. The number of hydrogen-bond acceptors (Lipinski definition) is 6. The molecule has 0 amide bonds. The van der Waals surface area contributed by atoms with Gasteiger partial charge in [-0.1, -0.05) is 24.4 Å². The van der Waals surface area contributed by atoms with Crippen LogP contribution in [0.1, 0.15) is 38.0 Å². The number of aromatic hydroxyl groups is 2. The molecule has 1 saturated carbocycles. The fourth-order valence-corrected chi connectivity index (χ4v) is 2.60. The smallest absolute Gasteiger partial charge is 0.247 e. The molecule has 0 aliphatic heterocycles. The third kappa shape index (κ3) is 2.22. The Morgan fingerprint density at radius 3 is 2.55 bits per heavy atom. The number of aromatic nitrogens is 2. The summed E-state index contributed by atoms with van der Waals surface area (Å²) in [6.45, 7) is 0. The lowest BCUT2D eigenvalue weighted by atomic mass is 9.82. The summed E-state index contributed by atoms with van der Waals surface area (Å²) in [5.74, 6) is 0.416. The first-order valence-corrected chi connectivity index (χ1v) is 6.74. The zero-order valence-corrected chi connectivity index (χ0v) is 11.0. The van der Waals surface area contributed by atoms with Crippen LogP contribution < -0.4 is 5.73 Å². The van der Waals surface area contributed by atoms with Crippen molar-refractivity contribution in [3.05, 3.63) is 24.1 Å². The normalized spacial score (nSPS) is 18.1. The van der Waals surface area contributed by atoms with Crippen LogP contribution in [0.4, 0.5) is 0 Å². The van der Waals surface area contributed by atoms with Gasteiger partial charge in [-0.25, -0.2) is 0 Å². The zero-order valence-electron chi connectivity index (χ0n) is 11.0. The van der Waals surface area contributed by atoms with Gasteiger partial charge < -0.3 is 20.5 Å². The van der Waals surface area contributed by atoms with E-state index in [1.165, 1.54) is 18.6 Å². The molecule has 1 aromatic heterocycles. The molecule has 1 aliphatic rings. The van der Waals surface area contributed by atoms with Crippen LogP contribution in [0.5, 0.6) is 11.5 Å². The van der Waals surface area contributed by atoms with Gasteiger partial charge in [0.1, 0.15) is 0 Å². The number of phenols is 2. The van der Waals surface area contributed by atoms with Gasteiger partial charge in [-0.05, 0) is 31.0 Å².